The lowest BCUT2D eigenvalue weighted by atomic mass is 9.43. The molecule has 2 N–H and O–H groups in total. The van der Waals surface area contributed by atoms with E-state index in [1.165, 1.54) is 38.5 Å². The third kappa shape index (κ3) is 2.16. The van der Waals surface area contributed by atoms with Gasteiger partial charge in [-0.05, 0) is 72.8 Å². The molecule has 4 fully saturated rings. The van der Waals surface area contributed by atoms with E-state index in [-0.39, 0.29) is 11.5 Å². The van der Waals surface area contributed by atoms with Crippen LogP contribution in [0, 0.1) is 22.7 Å². The van der Waals surface area contributed by atoms with Crippen LogP contribution in [-0.4, -0.2) is 0 Å². The summed E-state index contributed by atoms with van der Waals surface area (Å²) in [6.45, 7) is 2.48. The Bertz CT molecular complexity index is 569. The van der Waals surface area contributed by atoms with Crippen LogP contribution in [0.5, 0.6) is 0 Å². The minimum atomic E-state index is 0.0222. The van der Waals surface area contributed by atoms with E-state index in [4.69, 9.17) is 28.9 Å². The zero-order valence-electron chi connectivity index (χ0n) is 12.5. The standard InChI is InChI=1S/C18H23Cl2N/c1-17-6-11-5-12(7-17)9-18(8-11,10-17)16(21)13-3-2-4-14(19)15(13)20/h2-4,11-12,16H,5-10,21H2,1H3. The van der Waals surface area contributed by atoms with Gasteiger partial charge in [0, 0.05) is 6.04 Å². The lowest BCUT2D eigenvalue weighted by Crippen LogP contribution is -2.54. The van der Waals surface area contributed by atoms with E-state index in [2.05, 4.69) is 13.0 Å². The van der Waals surface area contributed by atoms with Crippen molar-refractivity contribution in [3.05, 3.63) is 33.8 Å². The van der Waals surface area contributed by atoms with E-state index < -0.39 is 0 Å². The summed E-state index contributed by atoms with van der Waals surface area (Å²) in [4.78, 5) is 0. The van der Waals surface area contributed by atoms with E-state index >= 15 is 0 Å². The van der Waals surface area contributed by atoms with Gasteiger partial charge >= 0.3 is 0 Å². The average molecular weight is 324 g/mol. The van der Waals surface area contributed by atoms with E-state index in [1.54, 1.807) is 0 Å². The maximum atomic E-state index is 6.78. The van der Waals surface area contributed by atoms with Crippen LogP contribution in [0.2, 0.25) is 10.0 Å². The molecular formula is C18H23Cl2N. The summed E-state index contributed by atoms with van der Waals surface area (Å²) < 4.78 is 0. The summed E-state index contributed by atoms with van der Waals surface area (Å²) in [5, 5.41) is 1.29. The van der Waals surface area contributed by atoms with Gasteiger partial charge in [0.25, 0.3) is 0 Å². The molecule has 1 nitrogen and oxygen atoms in total. The Kier molecular flexibility index (Phi) is 3.17. The third-order valence-corrected chi connectivity index (χ3v) is 7.21. The van der Waals surface area contributed by atoms with Gasteiger partial charge in [0.05, 0.1) is 10.0 Å². The van der Waals surface area contributed by atoms with Gasteiger partial charge in [-0.3, -0.25) is 0 Å². The minimum Gasteiger partial charge on any atom is -0.323 e. The van der Waals surface area contributed by atoms with Crippen molar-refractivity contribution in [2.24, 2.45) is 28.4 Å². The Hall–Kier alpha value is -0.240. The van der Waals surface area contributed by atoms with Gasteiger partial charge in [0.15, 0.2) is 0 Å². The lowest BCUT2D eigenvalue weighted by molar-refractivity contribution is -0.113. The lowest BCUT2D eigenvalue weighted by Gasteiger charge is -2.63. The van der Waals surface area contributed by atoms with Crippen LogP contribution in [-0.2, 0) is 0 Å². The molecule has 4 aliphatic rings. The van der Waals surface area contributed by atoms with Crippen molar-refractivity contribution in [3.8, 4) is 0 Å². The second kappa shape index (κ2) is 4.63. The van der Waals surface area contributed by atoms with Gasteiger partial charge in [0.2, 0.25) is 0 Å². The van der Waals surface area contributed by atoms with E-state index in [1.807, 2.05) is 12.1 Å². The van der Waals surface area contributed by atoms with Crippen LogP contribution in [0.3, 0.4) is 0 Å². The maximum Gasteiger partial charge on any atom is 0.0640 e. The van der Waals surface area contributed by atoms with Crippen molar-refractivity contribution in [3.63, 3.8) is 0 Å². The van der Waals surface area contributed by atoms with Gasteiger partial charge in [-0.25, -0.2) is 0 Å². The molecular weight excluding hydrogens is 301 g/mol. The molecule has 5 rings (SSSR count). The highest BCUT2D eigenvalue weighted by Gasteiger charge is 2.58. The van der Waals surface area contributed by atoms with Crippen molar-refractivity contribution in [2.45, 2.75) is 51.5 Å². The molecule has 1 aromatic rings. The number of nitrogens with two attached hydrogens (primary N) is 1. The summed E-state index contributed by atoms with van der Waals surface area (Å²) in [7, 11) is 0. The van der Waals surface area contributed by atoms with Gasteiger partial charge < -0.3 is 5.73 Å². The van der Waals surface area contributed by atoms with E-state index in [0.29, 0.717) is 15.5 Å². The smallest absolute Gasteiger partial charge is 0.0640 e. The average Bonchev–Trinajstić information content (AvgIpc) is 2.38. The number of rotatable bonds is 2. The molecule has 3 heteroatoms. The second-order valence-corrected chi connectivity index (χ2v) is 9.04. The van der Waals surface area contributed by atoms with Crippen LogP contribution in [0.4, 0.5) is 0 Å². The van der Waals surface area contributed by atoms with E-state index in [0.717, 1.165) is 17.4 Å². The molecule has 0 heterocycles. The van der Waals surface area contributed by atoms with Crippen LogP contribution in [0.1, 0.15) is 57.1 Å². The van der Waals surface area contributed by atoms with Crippen LogP contribution < -0.4 is 5.73 Å². The summed E-state index contributed by atoms with van der Waals surface area (Å²) in [5.74, 6) is 1.75. The van der Waals surface area contributed by atoms with Crippen LogP contribution in [0.25, 0.3) is 0 Å². The Morgan fingerprint density at radius 3 is 2.43 bits per heavy atom. The molecule has 0 aliphatic heterocycles. The highest BCUT2D eigenvalue weighted by molar-refractivity contribution is 6.42. The monoisotopic (exact) mass is 323 g/mol. The quantitative estimate of drug-likeness (QED) is 0.753. The van der Waals surface area contributed by atoms with Gasteiger partial charge in [-0.15, -0.1) is 0 Å². The highest BCUT2D eigenvalue weighted by Crippen LogP contribution is 2.68. The van der Waals surface area contributed by atoms with Crippen LogP contribution >= 0.6 is 23.2 Å². The number of hydrogen-bond acceptors (Lipinski definition) is 1. The predicted octanol–water partition coefficient (Wildman–Crippen LogP) is 5.60. The fourth-order valence-electron chi connectivity index (χ4n) is 6.25. The Labute approximate surface area is 137 Å². The molecule has 3 atom stereocenters. The molecule has 4 bridgehead atoms. The molecule has 21 heavy (non-hydrogen) atoms. The van der Waals surface area contributed by atoms with Crippen LogP contribution in [0.15, 0.2) is 18.2 Å². The Balaban J connectivity index is 1.74. The molecule has 0 saturated heterocycles. The maximum absolute atomic E-state index is 6.78. The molecule has 4 aliphatic carbocycles. The second-order valence-electron chi connectivity index (χ2n) is 8.25. The number of halogens is 2. The van der Waals surface area contributed by atoms with Crippen molar-refractivity contribution < 1.29 is 0 Å². The molecule has 0 aromatic heterocycles. The number of hydrogen-bond donors (Lipinski definition) is 1. The fraction of sp³-hybridized carbons (Fsp3) is 0.667. The van der Waals surface area contributed by atoms with Crippen molar-refractivity contribution >= 4 is 23.2 Å². The zero-order chi connectivity index (χ0) is 14.8. The molecule has 0 spiro atoms. The third-order valence-electron chi connectivity index (χ3n) is 6.38. The molecule has 0 amide bonds. The first-order valence-electron chi connectivity index (χ1n) is 8.10. The summed E-state index contributed by atoms with van der Waals surface area (Å²) in [5.41, 5.74) is 8.58. The summed E-state index contributed by atoms with van der Waals surface area (Å²) in [6, 6.07) is 5.92. The van der Waals surface area contributed by atoms with Gasteiger partial charge in [-0.1, -0.05) is 42.3 Å². The predicted molar refractivity (Wildman–Crippen MR) is 88.6 cm³/mol. The zero-order valence-corrected chi connectivity index (χ0v) is 14.1. The first-order chi connectivity index (χ1) is 9.91. The topological polar surface area (TPSA) is 26.0 Å². The molecule has 1 aromatic carbocycles. The molecule has 114 valence electrons. The van der Waals surface area contributed by atoms with Crippen molar-refractivity contribution in [2.75, 3.05) is 0 Å². The summed E-state index contributed by atoms with van der Waals surface area (Å²) in [6.07, 6.45) is 8.05. The molecule has 0 radical (unpaired) electrons. The molecule has 3 unspecified atom stereocenters. The summed E-state index contributed by atoms with van der Waals surface area (Å²) >= 11 is 12.7. The minimum absolute atomic E-state index is 0.0222. The van der Waals surface area contributed by atoms with Gasteiger partial charge in [0.1, 0.15) is 0 Å². The Morgan fingerprint density at radius 2 is 1.81 bits per heavy atom. The van der Waals surface area contributed by atoms with E-state index in [9.17, 15) is 0 Å². The van der Waals surface area contributed by atoms with Gasteiger partial charge in [-0.2, -0.15) is 0 Å². The fourth-order valence-corrected chi connectivity index (χ4v) is 6.68. The first-order valence-corrected chi connectivity index (χ1v) is 8.86. The van der Waals surface area contributed by atoms with Crippen molar-refractivity contribution in [1.82, 2.24) is 0 Å². The normalized spacial score (nSPS) is 42.3. The highest BCUT2D eigenvalue weighted by atomic mass is 35.5. The molecule has 4 saturated carbocycles. The Morgan fingerprint density at radius 1 is 1.14 bits per heavy atom. The SMILES string of the molecule is CC12CC3CC(C1)CC(C(N)c1cccc(Cl)c1Cl)(C3)C2. The van der Waals surface area contributed by atoms with Crippen molar-refractivity contribution in [1.29, 1.82) is 0 Å². The largest absolute Gasteiger partial charge is 0.323 e. The number of benzene rings is 1. The first kappa shape index (κ1) is 14.4.